The fourth-order valence-corrected chi connectivity index (χ4v) is 2.96. The molecule has 7 nitrogen and oxygen atoms in total. The van der Waals surface area contributed by atoms with Crippen molar-refractivity contribution in [3.8, 4) is 17.2 Å². The molecule has 1 amide bonds. The van der Waals surface area contributed by atoms with Crippen LogP contribution >= 0.6 is 15.9 Å². The van der Waals surface area contributed by atoms with Gasteiger partial charge in [-0.3, -0.25) is 4.79 Å². The van der Waals surface area contributed by atoms with Crippen LogP contribution in [0.3, 0.4) is 0 Å². The highest BCUT2D eigenvalue weighted by molar-refractivity contribution is 9.10. The molecule has 3 aromatic carbocycles. The molecular weight excluding hydrogens is 452 g/mol. The van der Waals surface area contributed by atoms with Gasteiger partial charge in [0, 0.05) is 16.1 Å². The molecule has 0 heterocycles. The smallest absolute Gasteiger partial charge is 0.343 e. The maximum atomic E-state index is 12.4. The first-order valence-electron chi connectivity index (χ1n) is 8.77. The summed E-state index contributed by atoms with van der Waals surface area (Å²) in [6, 6.07) is 15.6. The second kappa shape index (κ2) is 9.23. The van der Waals surface area contributed by atoms with E-state index in [4.69, 9.17) is 4.74 Å². The molecule has 3 N–H and O–H groups in total. The van der Waals surface area contributed by atoms with E-state index in [0.29, 0.717) is 11.1 Å². The summed E-state index contributed by atoms with van der Waals surface area (Å²) in [5, 5.41) is 22.9. The number of carbonyl (C=O) groups is 2. The highest BCUT2D eigenvalue weighted by Crippen LogP contribution is 2.24. The van der Waals surface area contributed by atoms with Gasteiger partial charge in [-0.25, -0.2) is 10.2 Å². The SMILES string of the molecule is Cc1cccc(C(=O)Oc2ccc(Br)cc2C=NNC(=O)c2ccc(O)cc2O)c1. The molecule has 0 atom stereocenters. The second-order valence-electron chi connectivity index (χ2n) is 6.34. The van der Waals surface area contributed by atoms with E-state index < -0.39 is 11.9 Å². The zero-order valence-electron chi connectivity index (χ0n) is 15.8. The molecule has 3 aromatic rings. The van der Waals surface area contributed by atoms with Crippen molar-refractivity contribution in [2.24, 2.45) is 5.10 Å². The van der Waals surface area contributed by atoms with E-state index in [1.165, 1.54) is 18.3 Å². The van der Waals surface area contributed by atoms with Crippen LogP contribution in [-0.2, 0) is 0 Å². The fourth-order valence-electron chi connectivity index (χ4n) is 2.58. The third-order valence-corrected chi connectivity index (χ3v) is 4.52. The highest BCUT2D eigenvalue weighted by Gasteiger charge is 2.13. The van der Waals surface area contributed by atoms with Crippen molar-refractivity contribution >= 4 is 34.0 Å². The van der Waals surface area contributed by atoms with Gasteiger partial charge in [-0.1, -0.05) is 33.6 Å². The number of amides is 1. The van der Waals surface area contributed by atoms with Crippen LogP contribution in [-0.4, -0.2) is 28.3 Å². The van der Waals surface area contributed by atoms with Gasteiger partial charge in [0.05, 0.1) is 17.3 Å². The van der Waals surface area contributed by atoms with Gasteiger partial charge in [0.25, 0.3) is 5.91 Å². The van der Waals surface area contributed by atoms with Crippen molar-refractivity contribution in [3.05, 3.63) is 87.4 Å². The summed E-state index contributed by atoms with van der Waals surface area (Å²) in [6.07, 6.45) is 1.32. The first-order valence-corrected chi connectivity index (χ1v) is 9.56. The molecule has 0 spiro atoms. The maximum absolute atomic E-state index is 12.4. The Morgan fingerprint density at radius 2 is 1.87 bits per heavy atom. The lowest BCUT2D eigenvalue weighted by atomic mass is 10.1. The number of halogens is 1. The number of hydrazone groups is 1. The molecule has 3 rings (SSSR count). The van der Waals surface area contributed by atoms with Gasteiger partial charge < -0.3 is 14.9 Å². The van der Waals surface area contributed by atoms with E-state index in [-0.39, 0.29) is 22.8 Å². The quantitative estimate of drug-likeness (QED) is 0.225. The summed E-state index contributed by atoms with van der Waals surface area (Å²) in [6.45, 7) is 1.88. The number of esters is 1. The molecule has 0 saturated carbocycles. The number of nitrogens with zero attached hydrogens (tertiary/aromatic N) is 1. The van der Waals surface area contributed by atoms with E-state index in [9.17, 15) is 19.8 Å². The van der Waals surface area contributed by atoms with Crippen molar-refractivity contribution in [1.29, 1.82) is 0 Å². The van der Waals surface area contributed by atoms with Gasteiger partial charge in [0.2, 0.25) is 0 Å². The standard InChI is InChI=1S/C22H17BrN2O5/c1-13-3-2-4-14(9-13)22(29)30-20-8-5-16(23)10-15(20)12-24-25-21(28)18-7-6-17(26)11-19(18)27/h2-12,26-27H,1H3,(H,25,28). The average molecular weight is 469 g/mol. The summed E-state index contributed by atoms with van der Waals surface area (Å²) in [5.41, 5.74) is 4.02. The number of phenols is 2. The van der Waals surface area contributed by atoms with Gasteiger partial charge >= 0.3 is 5.97 Å². The zero-order valence-corrected chi connectivity index (χ0v) is 17.4. The summed E-state index contributed by atoms with van der Waals surface area (Å²) in [4.78, 5) is 24.6. The Morgan fingerprint density at radius 1 is 1.07 bits per heavy atom. The topological polar surface area (TPSA) is 108 Å². The predicted octanol–water partition coefficient (Wildman–Crippen LogP) is 4.15. The molecule has 152 valence electrons. The molecular formula is C22H17BrN2O5. The number of ether oxygens (including phenoxy) is 1. The van der Waals surface area contributed by atoms with Crippen molar-refractivity contribution in [2.75, 3.05) is 0 Å². The third kappa shape index (κ3) is 5.24. The van der Waals surface area contributed by atoms with Crippen LogP contribution in [0, 0.1) is 6.92 Å². The molecule has 0 aromatic heterocycles. The molecule has 0 aliphatic carbocycles. The van der Waals surface area contributed by atoms with E-state index in [1.54, 1.807) is 36.4 Å². The van der Waals surface area contributed by atoms with Gasteiger partial charge in [-0.2, -0.15) is 5.10 Å². The second-order valence-corrected chi connectivity index (χ2v) is 7.26. The molecule has 8 heteroatoms. The Hall–Kier alpha value is -3.65. The number of benzene rings is 3. The minimum Gasteiger partial charge on any atom is -0.508 e. The lowest BCUT2D eigenvalue weighted by Gasteiger charge is -2.08. The van der Waals surface area contributed by atoms with E-state index in [0.717, 1.165) is 16.1 Å². The van der Waals surface area contributed by atoms with Crippen LogP contribution in [0.15, 0.2) is 70.2 Å². The van der Waals surface area contributed by atoms with E-state index in [1.807, 2.05) is 13.0 Å². The number of hydrogen-bond donors (Lipinski definition) is 3. The summed E-state index contributed by atoms with van der Waals surface area (Å²) in [7, 11) is 0. The van der Waals surface area contributed by atoms with E-state index >= 15 is 0 Å². The number of aromatic hydroxyl groups is 2. The Morgan fingerprint density at radius 3 is 2.60 bits per heavy atom. The first-order chi connectivity index (χ1) is 14.3. The Labute approximate surface area is 180 Å². The number of nitrogens with one attached hydrogen (secondary N) is 1. The van der Waals surface area contributed by atoms with Crippen molar-refractivity contribution in [2.45, 2.75) is 6.92 Å². The molecule has 0 fully saturated rings. The third-order valence-electron chi connectivity index (χ3n) is 4.02. The molecule has 0 saturated heterocycles. The minimum absolute atomic E-state index is 0.0507. The molecule has 0 unspecified atom stereocenters. The predicted molar refractivity (Wildman–Crippen MR) is 115 cm³/mol. The van der Waals surface area contributed by atoms with Crippen LogP contribution in [0.25, 0.3) is 0 Å². The Kier molecular flexibility index (Phi) is 6.48. The number of carbonyl (C=O) groups excluding carboxylic acids is 2. The van der Waals surface area contributed by atoms with Crippen molar-refractivity contribution < 1.29 is 24.5 Å². The summed E-state index contributed by atoms with van der Waals surface area (Å²) in [5.74, 6) is -1.47. The maximum Gasteiger partial charge on any atom is 0.343 e. The average Bonchev–Trinajstić information content (AvgIpc) is 2.69. The Balaban J connectivity index is 1.76. The van der Waals surface area contributed by atoms with Crippen LogP contribution in [0.2, 0.25) is 0 Å². The Bertz CT molecular complexity index is 1140. The number of rotatable bonds is 5. The molecule has 0 bridgehead atoms. The molecule has 0 aliphatic rings. The summed E-state index contributed by atoms with van der Waals surface area (Å²) >= 11 is 3.34. The highest BCUT2D eigenvalue weighted by atomic mass is 79.9. The first kappa shape index (κ1) is 21.1. The van der Waals surface area contributed by atoms with Gasteiger partial charge in [-0.05, 0) is 49.4 Å². The summed E-state index contributed by atoms with van der Waals surface area (Å²) < 4.78 is 6.21. The monoisotopic (exact) mass is 468 g/mol. The molecule has 0 radical (unpaired) electrons. The van der Waals surface area contributed by atoms with Crippen LogP contribution < -0.4 is 10.2 Å². The normalized spacial score (nSPS) is 10.7. The van der Waals surface area contributed by atoms with Crippen molar-refractivity contribution in [1.82, 2.24) is 5.43 Å². The molecule has 0 aliphatic heterocycles. The van der Waals surface area contributed by atoms with Gasteiger partial charge in [-0.15, -0.1) is 0 Å². The number of phenolic OH excluding ortho intramolecular Hbond substituents is 2. The van der Waals surface area contributed by atoms with E-state index in [2.05, 4.69) is 26.5 Å². The van der Waals surface area contributed by atoms with Crippen LogP contribution in [0.4, 0.5) is 0 Å². The van der Waals surface area contributed by atoms with Crippen LogP contribution in [0.1, 0.15) is 31.8 Å². The lowest BCUT2D eigenvalue weighted by molar-refractivity contribution is 0.0734. The number of aryl methyl sites for hydroxylation is 1. The van der Waals surface area contributed by atoms with Gasteiger partial charge in [0.1, 0.15) is 17.2 Å². The van der Waals surface area contributed by atoms with Gasteiger partial charge in [0.15, 0.2) is 0 Å². The van der Waals surface area contributed by atoms with Crippen molar-refractivity contribution in [3.63, 3.8) is 0 Å². The largest absolute Gasteiger partial charge is 0.508 e. The zero-order chi connectivity index (χ0) is 21.7. The number of hydrogen-bond acceptors (Lipinski definition) is 6. The fraction of sp³-hybridized carbons (Fsp3) is 0.0455. The van der Waals surface area contributed by atoms with Crippen LogP contribution in [0.5, 0.6) is 17.2 Å². The minimum atomic E-state index is -0.669. The molecule has 30 heavy (non-hydrogen) atoms. The lowest BCUT2D eigenvalue weighted by Crippen LogP contribution is -2.18.